The van der Waals surface area contributed by atoms with Gasteiger partial charge in [0.25, 0.3) is 0 Å². The third kappa shape index (κ3) is 5.01. The molecule has 2 nitrogen and oxygen atoms in total. The Morgan fingerprint density at radius 1 is 0.271 bits per heavy atom. The van der Waals surface area contributed by atoms with Crippen LogP contribution < -0.4 is 0 Å². The molecule has 0 saturated carbocycles. The van der Waals surface area contributed by atoms with Crippen LogP contribution in [-0.2, 0) is 0 Å². The zero-order valence-corrected chi connectivity index (χ0v) is 26.2. The van der Waals surface area contributed by atoms with Crippen molar-refractivity contribution in [3.8, 4) is 56.2 Å². The molecule has 0 spiro atoms. The van der Waals surface area contributed by atoms with E-state index >= 15 is 0 Å². The van der Waals surface area contributed by atoms with E-state index in [4.69, 9.17) is 9.97 Å². The number of hydrogen-bond donors (Lipinski definition) is 0. The fraction of sp³-hybridized carbons (Fsp3) is 0. The molecule has 9 aromatic rings. The van der Waals surface area contributed by atoms with Gasteiger partial charge >= 0.3 is 0 Å². The summed E-state index contributed by atoms with van der Waals surface area (Å²) in [4.78, 5) is 10.7. The SMILES string of the molecule is c1ccc(-c2ccc(-c3cc(-c4cccc(-c5ccccc5)c4)nc(-c4c5ccccc5cc5c4ccc4ccccc45)n3)cc2)cc1. The normalized spacial score (nSPS) is 11.3. The summed E-state index contributed by atoms with van der Waals surface area (Å²) in [5, 5.41) is 7.11. The number of aromatic nitrogens is 2. The molecule has 0 aliphatic rings. The molecule has 0 unspecified atom stereocenters. The highest BCUT2D eigenvalue weighted by atomic mass is 14.9. The van der Waals surface area contributed by atoms with Gasteiger partial charge in [-0.05, 0) is 72.8 Å². The fourth-order valence-electron chi connectivity index (χ4n) is 6.87. The minimum Gasteiger partial charge on any atom is -0.228 e. The summed E-state index contributed by atoms with van der Waals surface area (Å²) in [6.07, 6.45) is 0. The molecule has 0 atom stereocenters. The summed E-state index contributed by atoms with van der Waals surface area (Å²) in [5.74, 6) is 0.719. The minimum atomic E-state index is 0.719. The van der Waals surface area contributed by atoms with Crippen molar-refractivity contribution in [2.24, 2.45) is 0 Å². The van der Waals surface area contributed by atoms with Gasteiger partial charge in [0.2, 0.25) is 0 Å². The number of hydrogen-bond acceptors (Lipinski definition) is 2. The summed E-state index contributed by atoms with van der Waals surface area (Å²) < 4.78 is 0. The zero-order chi connectivity index (χ0) is 31.9. The maximum absolute atomic E-state index is 5.37. The van der Waals surface area contributed by atoms with Gasteiger partial charge in [-0.2, -0.15) is 0 Å². The lowest BCUT2D eigenvalue weighted by molar-refractivity contribution is 1.19. The smallest absolute Gasteiger partial charge is 0.161 e. The van der Waals surface area contributed by atoms with E-state index in [9.17, 15) is 0 Å². The molecule has 0 bridgehead atoms. The lowest BCUT2D eigenvalue weighted by atomic mass is 9.92. The molecule has 0 N–H and O–H groups in total. The molecule has 0 aliphatic heterocycles. The predicted octanol–water partition coefficient (Wildman–Crippen LogP) is 12.3. The van der Waals surface area contributed by atoms with Crippen molar-refractivity contribution in [1.82, 2.24) is 9.97 Å². The van der Waals surface area contributed by atoms with Crippen LogP contribution in [0, 0.1) is 0 Å². The highest BCUT2D eigenvalue weighted by Crippen LogP contribution is 2.40. The molecule has 0 fully saturated rings. The van der Waals surface area contributed by atoms with Crippen molar-refractivity contribution in [3.05, 3.63) is 182 Å². The second-order valence-corrected chi connectivity index (χ2v) is 12.2. The van der Waals surface area contributed by atoms with Gasteiger partial charge in [0.05, 0.1) is 11.4 Å². The first-order valence-electron chi connectivity index (χ1n) is 16.3. The van der Waals surface area contributed by atoms with Crippen LogP contribution in [0.4, 0.5) is 0 Å². The summed E-state index contributed by atoms with van der Waals surface area (Å²) in [7, 11) is 0. The largest absolute Gasteiger partial charge is 0.228 e. The van der Waals surface area contributed by atoms with Gasteiger partial charge in [0.15, 0.2) is 5.82 Å². The Balaban J connectivity index is 1.30. The van der Waals surface area contributed by atoms with Crippen LogP contribution in [0.15, 0.2) is 182 Å². The Morgan fingerprint density at radius 2 is 0.812 bits per heavy atom. The third-order valence-corrected chi connectivity index (χ3v) is 9.27. The Labute approximate surface area is 279 Å². The van der Waals surface area contributed by atoms with Crippen LogP contribution in [0.25, 0.3) is 88.5 Å². The Morgan fingerprint density at radius 3 is 1.56 bits per heavy atom. The van der Waals surface area contributed by atoms with E-state index < -0.39 is 0 Å². The maximum Gasteiger partial charge on any atom is 0.161 e. The van der Waals surface area contributed by atoms with Crippen molar-refractivity contribution >= 4 is 32.3 Å². The number of nitrogens with zero attached hydrogens (tertiary/aromatic N) is 2. The minimum absolute atomic E-state index is 0.719. The average Bonchev–Trinajstić information content (AvgIpc) is 3.17. The van der Waals surface area contributed by atoms with Gasteiger partial charge in [-0.15, -0.1) is 0 Å². The fourth-order valence-corrected chi connectivity index (χ4v) is 6.87. The summed E-state index contributed by atoms with van der Waals surface area (Å²) in [5.41, 5.74) is 9.64. The second kappa shape index (κ2) is 11.8. The Bertz CT molecular complexity index is 2590. The molecular weight excluding hydrogens is 581 g/mol. The van der Waals surface area contributed by atoms with Crippen LogP contribution in [0.3, 0.4) is 0 Å². The first-order chi connectivity index (χ1) is 23.8. The van der Waals surface area contributed by atoms with Crippen LogP contribution in [0.2, 0.25) is 0 Å². The molecule has 0 saturated heterocycles. The quantitative estimate of drug-likeness (QED) is 0.143. The van der Waals surface area contributed by atoms with E-state index in [1.807, 2.05) is 6.07 Å². The summed E-state index contributed by atoms with van der Waals surface area (Å²) >= 11 is 0. The van der Waals surface area contributed by atoms with Crippen LogP contribution in [0.5, 0.6) is 0 Å². The van der Waals surface area contributed by atoms with E-state index in [0.717, 1.165) is 50.2 Å². The molecule has 48 heavy (non-hydrogen) atoms. The summed E-state index contributed by atoms with van der Waals surface area (Å²) in [6.45, 7) is 0. The lowest BCUT2D eigenvalue weighted by Gasteiger charge is -2.15. The zero-order valence-electron chi connectivity index (χ0n) is 26.2. The average molecular weight is 611 g/mol. The highest BCUT2D eigenvalue weighted by Gasteiger charge is 2.18. The molecule has 0 radical (unpaired) electrons. The van der Waals surface area contributed by atoms with E-state index in [1.54, 1.807) is 0 Å². The van der Waals surface area contributed by atoms with Crippen molar-refractivity contribution in [3.63, 3.8) is 0 Å². The van der Waals surface area contributed by atoms with Crippen molar-refractivity contribution < 1.29 is 0 Å². The van der Waals surface area contributed by atoms with Crippen LogP contribution in [0.1, 0.15) is 0 Å². The van der Waals surface area contributed by atoms with E-state index in [1.165, 1.54) is 38.2 Å². The molecular formula is C46H30N2. The molecule has 8 aromatic carbocycles. The monoisotopic (exact) mass is 610 g/mol. The molecule has 1 heterocycles. The predicted molar refractivity (Wildman–Crippen MR) is 202 cm³/mol. The first-order valence-corrected chi connectivity index (χ1v) is 16.3. The van der Waals surface area contributed by atoms with Crippen LogP contribution >= 0.6 is 0 Å². The van der Waals surface area contributed by atoms with Crippen molar-refractivity contribution in [1.29, 1.82) is 0 Å². The van der Waals surface area contributed by atoms with E-state index in [2.05, 4.69) is 176 Å². The number of rotatable bonds is 5. The highest BCUT2D eigenvalue weighted by molar-refractivity contribution is 6.19. The maximum atomic E-state index is 5.37. The van der Waals surface area contributed by atoms with Gasteiger partial charge in [0.1, 0.15) is 0 Å². The molecule has 0 amide bonds. The topological polar surface area (TPSA) is 25.8 Å². The number of fused-ring (bicyclic) bond motifs is 4. The van der Waals surface area contributed by atoms with Gasteiger partial charge in [-0.3, -0.25) is 0 Å². The molecule has 9 rings (SSSR count). The summed E-state index contributed by atoms with van der Waals surface area (Å²) in [6, 6.07) is 64.5. The van der Waals surface area contributed by atoms with Gasteiger partial charge in [-0.25, -0.2) is 9.97 Å². The van der Waals surface area contributed by atoms with E-state index in [0.29, 0.717) is 0 Å². The van der Waals surface area contributed by atoms with Gasteiger partial charge < -0.3 is 0 Å². The second-order valence-electron chi connectivity index (χ2n) is 12.2. The van der Waals surface area contributed by atoms with Crippen molar-refractivity contribution in [2.75, 3.05) is 0 Å². The molecule has 224 valence electrons. The standard InChI is InChI=1S/C46H30N2/c1-3-12-31(13-4-1)33-22-24-35(25-23-33)43-30-44(38-19-11-18-36(28-38)32-14-5-2-6-15-32)48-46(47-43)45-40-21-10-8-17-37(40)29-42-39-20-9-7-16-34(39)26-27-41(42)45/h1-30H. The Kier molecular flexibility index (Phi) is 6.84. The third-order valence-electron chi connectivity index (χ3n) is 9.27. The molecule has 2 heteroatoms. The van der Waals surface area contributed by atoms with Crippen LogP contribution in [-0.4, -0.2) is 9.97 Å². The first kappa shape index (κ1) is 27.9. The lowest BCUT2D eigenvalue weighted by Crippen LogP contribution is -1.98. The number of benzene rings is 8. The Hall–Kier alpha value is -6.38. The van der Waals surface area contributed by atoms with Crippen molar-refractivity contribution in [2.45, 2.75) is 0 Å². The van der Waals surface area contributed by atoms with Gasteiger partial charge in [-0.1, -0.05) is 164 Å². The molecule has 1 aromatic heterocycles. The molecule has 0 aliphatic carbocycles. The van der Waals surface area contributed by atoms with E-state index in [-0.39, 0.29) is 0 Å². The van der Waals surface area contributed by atoms with Gasteiger partial charge in [0, 0.05) is 16.7 Å².